The molecule has 5 nitrogen and oxygen atoms in total. The molecule has 2 rings (SSSR count). The molecule has 0 aromatic carbocycles. The normalized spacial score (nSPS) is 10.5. The third-order valence-corrected chi connectivity index (χ3v) is 2.78. The van der Waals surface area contributed by atoms with Gasteiger partial charge in [-0.15, -0.1) is 0 Å². The minimum Gasteiger partial charge on any atom is -0.461 e. The zero-order valence-corrected chi connectivity index (χ0v) is 11.1. The Morgan fingerprint density at radius 2 is 2.29 bits per heavy atom. The van der Waals surface area contributed by atoms with Gasteiger partial charge in [-0.05, 0) is 22.0 Å². The number of nitrogens with zero attached hydrogens (tertiary/aromatic N) is 2. The first-order valence-corrected chi connectivity index (χ1v) is 5.82. The molecule has 0 unspecified atom stereocenters. The molecule has 0 aliphatic heterocycles. The average Bonchev–Trinajstić information content (AvgIpc) is 2.75. The van der Waals surface area contributed by atoms with Crippen molar-refractivity contribution >= 4 is 21.7 Å². The highest BCUT2D eigenvalue weighted by molar-refractivity contribution is 9.10. The summed E-state index contributed by atoms with van der Waals surface area (Å²) in [6.45, 7) is 0.362. The topological polar surface area (TPSA) is 60.2 Å². The van der Waals surface area contributed by atoms with E-state index < -0.39 is 0 Å². The van der Waals surface area contributed by atoms with Crippen LogP contribution in [-0.4, -0.2) is 24.1 Å². The molecule has 0 atom stereocenters. The highest BCUT2D eigenvalue weighted by Gasteiger charge is 2.11. The molecular formula is C11H12BrN3O2. The van der Waals surface area contributed by atoms with Gasteiger partial charge < -0.3 is 14.5 Å². The Kier molecular flexibility index (Phi) is 3.75. The average molecular weight is 298 g/mol. The fourth-order valence-electron chi connectivity index (χ4n) is 1.41. The standard InChI is InChI=1S/C11H12BrN3O2/c1-13-9-5-8(11-7(12)3-4-17-11)14-10(15-9)6-16-2/h3-5H,6H2,1-2H3,(H,13,14,15). The molecule has 0 fully saturated rings. The first-order chi connectivity index (χ1) is 8.24. The number of furan rings is 1. The Labute approximate surface area is 107 Å². The van der Waals surface area contributed by atoms with Crippen LogP contribution in [0.1, 0.15) is 5.82 Å². The van der Waals surface area contributed by atoms with Crippen LogP contribution in [0.4, 0.5) is 5.82 Å². The zero-order chi connectivity index (χ0) is 12.3. The summed E-state index contributed by atoms with van der Waals surface area (Å²) in [6.07, 6.45) is 1.61. The molecule has 2 aromatic heterocycles. The molecular weight excluding hydrogens is 286 g/mol. The Bertz CT molecular complexity index is 513. The Morgan fingerprint density at radius 3 is 2.88 bits per heavy atom. The van der Waals surface area contributed by atoms with Crippen molar-refractivity contribution in [1.29, 1.82) is 0 Å². The van der Waals surface area contributed by atoms with Crippen LogP contribution < -0.4 is 5.32 Å². The van der Waals surface area contributed by atoms with Crippen molar-refractivity contribution in [2.45, 2.75) is 6.61 Å². The van der Waals surface area contributed by atoms with E-state index in [-0.39, 0.29) is 0 Å². The molecule has 0 spiro atoms. The fraction of sp³-hybridized carbons (Fsp3) is 0.273. The summed E-state index contributed by atoms with van der Waals surface area (Å²) in [5.41, 5.74) is 0.716. The largest absolute Gasteiger partial charge is 0.461 e. The van der Waals surface area contributed by atoms with Gasteiger partial charge in [0.2, 0.25) is 0 Å². The second-order valence-corrected chi connectivity index (χ2v) is 4.19. The number of aromatic nitrogens is 2. The van der Waals surface area contributed by atoms with Crippen molar-refractivity contribution in [2.24, 2.45) is 0 Å². The lowest BCUT2D eigenvalue weighted by atomic mass is 10.3. The molecule has 0 aliphatic carbocycles. The van der Waals surface area contributed by atoms with E-state index in [2.05, 4.69) is 31.2 Å². The van der Waals surface area contributed by atoms with E-state index in [0.717, 1.165) is 10.3 Å². The van der Waals surface area contributed by atoms with Gasteiger partial charge in [-0.3, -0.25) is 0 Å². The van der Waals surface area contributed by atoms with Crippen LogP contribution in [-0.2, 0) is 11.3 Å². The van der Waals surface area contributed by atoms with E-state index in [0.29, 0.717) is 23.9 Å². The summed E-state index contributed by atoms with van der Waals surface area (Å²) < 4.78 is 11.3. The van der Waals surface area contributed by atoms with Crippen molar-refractivity contribution in [1.82, 2.24) is 9.97 Å². The summed E-state index contributed by atoms with van der Waals surface area (Å²) in [5.74, 6) is 2.02. The van der Waals surface area contributed by atoms with E-state index in [1.807, 2.05) is 12.1 Å². The molecule has 0 radical (unpaired) electrons. The quantitative estimate of drug-likeness (QED) is 0.940. The summed E-state index contributed by atoms with van der Waals surface area (Å²) in [6, 6.07) is 3.65. The SMILES string of the molecule is CNc1cc(-c2occc2Br)nc(COC)n1. The lowest BCUT2D eigenvalue weighted by Gasteiger charge is -2.06. The fourth-order valence-corrected chi connectivity index (χ4v) is 1.82. The van der Waals surface area contributed by atoms with Gasteiger partial charge in [0, 0.05) is 20.2 Å². The van der Waals surface area contributed by atoms with Crippen LogP contribution >= 0.6 is 15.9 Å². The monoisotopic (exact) mass is 297 g/mol. The minimum atomic E-state index is 0.362. The van der Waals surface area contributed by atoms with E-state index in [4.69, 9.17) is 9.15 Å². The van der Waals surface area contributed by atoms with Gasteiger partial charge >= 0.3 is 0 Å². The summed E-state index contributed by atoms with van der Waals surface area (Å²) in [5, 5.41) is 2.98. The highest BCUT2D eigenvalue weighted by Crippen LogP contribution is 2.28. The molecule has 2 aromatic rings. The van der Waals surface area contributed by atoms with E-state index >= 15 is 0 Å². The Morgan fingerprint density at radius 1 is 1.47 bits per heavy atom. The minimum absolute atomic E-state index is 0.362. The van der Waals surface area contributed by atoms with Crippen LogP contribution in [0.25, 0.3) is 11.5 Å². The predicted molar refractivity (Wildman–Crippen MR) is 67.7 cm³/mol. The number of nitrogens with one attached hydrogen (secondary N) is 1. The Balaban J connectivity index is 2.46. The van der Waals surface area contributed by atoms with Crippen LogP contribution in [0.2, 0.25) is 0 Å². The number of methoxy groups -OCH3 is 1. The molecule has 17 heavy (non-hydrogen) atoms. The third-order valence-electron chi connectivity index (χ3n) is 2.15. The first kappa shape index (κ1) is 12.1. The maximum absolute atomic E-state index is 5.38. The molecule has 1 N–H and O–H groups in total. The summed E-state index contributed by atoms with van der Waals surface area (Å²) in [4.78, 5) is 8.65. The lowest BCUT2D eigenvalue weighted by molar-refractivity contribution is 0.178. The molecule has 0 saturated carbocycles. The molecule has 0 amide bonds. The molecule has 2 heterocycles. The number of ether oxygens (including phenoxy) is 1. The molecule has 0 saturated heterocycles. The highest BCUT2D eigenvalue weighted by atomic mass is 79.9. The summed E-state index contributed by atoms with van der Waals surface area (Å²) >= 11 is 3.41. The number of rotatable bonds is 4. The number of halogens is 1. The summed E-state index contributed by atoms with van der Waals surface area (Å²) in [7, 11) is 3.41. The maximum atomic E-state index is 5.38. The lowest BCUT2D eigenvalue weighted by Crippen LogP contribution is -2.02. The molecule has 0 aliphatic rings. The smallest absolute Gasteiger partial charge is 0.166 e. The predicted octanol–water partition coefficient (Wildman–Crippen LogP) is 2.69. The van der Waals surface area contributed by atoms with Gasteiger partial charge in [0.05, 0.1) is 10.7 Å². The van der Waals surface area contributed by atoms with Crippen LogP contribution in [0.15, 0.2) is 27.3 Å². The van der Waals surface area contributed by atoms with Gasteiger partial charge in [-0.25, -0.2) is 9.97 Å². The maximum Gasteiger partial charge on any atom is 0.166 e. The van der Waals surface area contributed by atoms with E-state index in [1.54, 1.807) is 20.4 Å². The third kappa shape index (κ3) is 2.65. The molecule has 0 bridgehead atoms. The van der Waals surface area contributed by atoms with Crippen LogP contribution in [0, 0.1) is 0 Å². The first-order valence-electron chi connectivity index (χ1n) is 5.02. The van der Waals surface area contributed by atoms with Crippen molar-refractivity contribution in [2.75, 3.05) is 19.5 Å². The second-order valence-electron chi connectivity index (χ2n) is 3.34. The molecule has 90 valence electrons. The van der Waals surface area contributed by atoms with Crippen molar-refractivity contribution < 1.29 is 9.15 Å². The Hall–Kier alpha value is -1.40. The second kappa shape index (κ2) is 5.29. The van der Waals surface area contributed by atoms with Gasteiger partial charge in [0.25, 0.3) is 0 Å². The number of hydrogen-bond donors (Lipinski definition) is 1. The van der Waals surface area contributed by atoms with Crippen molar-refractivity contribution in [3.8, 4) is 11.5 Å². The van der Waals surface area contributed by atoms with Gasteiger partial charge in [0.15, 0.2) is 11.6 Å². The molecule has 6 heteroatoms. The van der Waals surface area contributed by atoms with Crippen molar-refractivity contribution in [3.05, 3.63) is 28.7 Å². The van der Waals surface area contributed by atoms with Gasteiger partial charge in [-0.2, -0.15) is 0 Å². The van der Waals surface area contributed by atoms with Crippen LogP contribution in [0.5, 0.6) is 0 Å². The van der Waals surface area contributed by atoms with Crippen LogP contribution in [0.3, 0.4) is 0 Å². The van der Waals surface area contributed by atoms with E-state index in [9.17, 15) is 0 Å². The van der Waals surface area contributed by atoms with E-state index in [1.165, 1.54) is 0 Å². The zero-order valence-electron chi connectivity index (χ0n) is 9.53. The van der Waals surface area contributed by atoms with Gasteiger partial charge in [0.1, 0.15) is 18.1 Å². The van der Waals surface area contributed by atoms with Gasteiger partial charge in [-0.1, -0.05) is 0 Å². The number of anilines is 1. The van der Waals surface area contributed by atoms with Crippen molar-refractivity contribution in [3.63, 3.8) is 0 Å². The number of hydrogen-bond acceptors (Lipinski definition) is 5.